The summed E-state index contributed by atoms with van der Waals surface area (Å²) in [6.45, 7) is 4.67. The molecule has 0 bridgehead atoms. The van der Waals surface area contributed by atoms with Gasteiger partial charge in [0.25, 0.3) is 5.91 Å². The molecule has 0 atom stereocenters. The Bertz CT molecular complexity index is 771. The second kappa shape index (κ2) is 7.97. The molecule has 1 amide bonds. The summed E-state index contributed by atoms with van der Waals surface area (Å²) in [5.74, 6) is 0.887. The first-order chi connectivity index (χ1) is 12.3. The van der Waals surface area contributed by atoms with E-state index in [4.69, 9.17) is 4.74 Å². The number of carbonyl (C=O) groups is 1. The molecule has 2 aliphatic rings. The summed E-state index contributed by atoms with van der Waals surface area (Å²) in [4.78, 5) is 17.0. The lowest BCUT2D eigenvalue weighted by Gasteiger charge is -2.36. The summed E-state index contributed by atoms with van der Waals surface area (Å²) in [7, 11) is 1.68. The fraction of sp³-hybridized carbons (Fsp3) is 0.444. The van der Waals surface area contributed by atoms with Gasteiger partial charge >= 0.3 is 0 Å². The Balaban J connectivity index is 0.00000196. The van der Waals surface area contributed by atoms with Crippen LogP contribution in [-0.2, 0) is 13.0 Å². The number of rotatable bonds is 3. The van der Waals surface area contributed by atoms with Gasteiger partial charge in [-0.2, -0.15) is 5.10 Å². The number of anilines is 1. The molecule has 1 fully saturated rings. The Labute approximate surface area is 159 Å². The van der Waals surface area contributed by atoms with Crippen molar-refractivity contribution < 1.29 is 9.53 Å². The molecule has 26 heavy (non-hydrogen) atoms. The molecule has 2 N–H and O–H groups in total. The fourth-order valence-corrected chi connectivity index (χ4v) is 3.53. The molecule has 0 saturated carbocycles. The van der Waals surface area contributed by atoms with E-state index in [9.17, 15) is 4.79 Å². The standard InChI is InChI=1S/C18H23N5O2.ClH/c1-25-14-4-2-3-13(11-14)22-7-9-23(10-8-22)18(24)17-15-12-19-6-5-16(15)20-21-17;/h2-4,11,19H,5-10,12H2,1H3,(H,20,21);1H. The average molecular weight is 378 g/mol. The number of halogens is 1. The average Bonchev–Trinajstić information content (AvgIpc) is 3.12. The molecular formula is C18H24ClN5O2. The quantitative estimate of drug-likeness (QED) is 0.847. The van der Waals surface area contributed by atoms with Gasteiger partial charge in [0.05, 0.1) is 7.11 Å². The largest absolute Gasteiger partial charge is 0.497 e. The van der Waals surface area contributed by atoms with Crippen LogP contribution in [0.15, 0.2) is 24.3 Å². The summed E-state index contributed by atoms with van der Waals surface area (Å²) in [6.07, 6.45) is 0.902. The van der Waals surface area contributed by atoms with Crippen molar-refractivity contribution in [1.82, 2.24) is 20.4 Å². The first-order valence-corrected chi connectivity index (χ1v) is 8.71. The Morgan fingerprint density at radius 2 is 2.04 bits per heavy atom. The molecular weight excluding hydrogens is 354 g/mol. The number of H-pyrrole nitrogens is 1. The molecule has 0 aliphatic carbocycles. The maximum atomic E-state index is 12.9. The van der Waals surface area contributed by atoms with Gasteiger partial charge in [0, 0.05) is 68.7 Å². The highest BCUT2D eigenvalue weighted by Gasteiger charge is 2.28. The lowest BCUT2D eigenvalue weighted by Crippen LogP contribution is -2.49. The number of fused-ring (bicyclic) bond motifs is 1. The Morgan fingerprint density at radius 1 is 1.23 bits per heavy atom. The van der Waals surface area contributed by atoms with E-state index >= 15 is 0 Å². The number of nitrogens with zero attached hydrogens (tertiary/aromatic N) is 3. The normalized spacial score (nSPS) is 16.7. The maximum Gasteiger partial charge on any atom is 0.274 e. The van der Waals surface area contributed by atoms with Crippen molar-refractivity contribution in [2.24, 2.45) is 0 Å². The molecule has 2 aromatic rings. The van der Waals surface area contributed by atoms with Crippen LogP contribution in [-0.4, -0.2) is 60.8 Å². The summed E-state index contributed by atoms with van der Waals surface area (Å²) >= 11 is 0. The smallest absolute Gasteiger partial charge is 0.274 e. The molecule has 4 rings (SSSR count). The Kier molecular flexibility index (Phi) is 5.68. The first kappa shape index (κ1) is 18.5. The van der Waals surface area contributed by atoms with Crippen molar-refractivity contribution in [3.05, 3.63) is 41.2 Å². The number of piperazine rings is 1. The van der Waals surface area contributed by atoms with Crippen LogP contribution in [0.5, 0.6) is 5.75 Å². The summed E-state index contributed by atoms with van der Waals surface area (Å²) in [5, 5.41) is 10.6. The Morgan fingerprint density at radius 3 is 2.81 bits per heavy atom. The molecule has 2 aliphatic heterocycles. The second-order valence-electron chi connectivity index (χ2n) is 6.44. The predicted octanol–water partition coefficient (Wildman–Crippen LogP) is 1.45. The minimum absolute atomic E-state index is 0. The van der Waals surface area contributed by atoms with Gasteiger partial charge in [0.1, 0.15) is 5.75 Å². The van der Waals surface area contributed by atoms with Crippen LogP contribution in [0.2, 0.25) is 0 Å². The predicted molar refractivity (Wildman–Crippen MR) is 102 cm³/mol. The van der Waals surface area contributed by atoms with Gasteiger partial charge in [-0.1, -0.05) is 6.07 Å². The second-order valence-corrected chi connectivity index (χ2v) is 6.44. The van der Waals surface area contributed by atoms with Crippen molar-refractivity contribution in [2.75, 3.05) is 44.7 Å². The third kappa shape index (κ3) is 3.50. The van der Waals surface area contributed by atoms with Gasteiger partial charge in [0.2, 0.25) is 0 Å². The molecule has 8 heteroatoms. The highest BCUT2D eigenvalue weighted by molar-refractivity contribution is 5.94. The van der Waals surface area contributed by atoms with E-state index in [1.54, 1.807) is 7.11 Å². The third-order valence-corrected chi connectivity index (χ3v) is 4.99. The number of ether oxygens (including phenoxy) is 1. The van der Waals surface area contributed by atoms with Gasteiger partial charge in [-0.25, -0.2) is 0 Å². The van der Waals surface area contributed by atoms with Crippen LogP contribution in [0.3, 0.4) is 0 Å². The molecule has 140 valence electrons. The molecule has 1 aromatic carbocycles. The topological polar surface area (TPSA) is 73.5 Å². The van der Waals surface area contributed by atoms with Crippen molar-refractivity contribution in [2.45, 2.75) is 13.0 Å². The van der Waals surface area contributed by atoms with E-state index in [2.05, 4.69) is 26.5 Å². The van der Waals surface area contributed by atoms with Crippen LogP contribution < -0.4 is 15.0 Å². The Hall–Kier alpha value is -2.25. The van der Waals surface area contributed by atoms with E-state index in [0.717, 1.165) is 55.3 Å². The number of benzene rings is 1. The van der Waals surface area contributed by atoms with E-state index < -0.39 is 0 Å². The number of hydrogen-bond acceptors (Lipinski definition) is 5. The summed E-state index contributed by atoms with van der Waals surface area (Å²) in [5.41, 5.74) is 3.84. The van der Waals surface area contributed by atoms with Crippen molar-refractivity contribution in [1.29, 1.82) is 0 Å². The zero-order valence-electron chi connectivity index (χ0n) is 14.8. The highest BCUT2D eigenvalue weighted by Crippen LogP contribution is 2.23. The number of aromatic amines is 1. The molecule has 1 aromatic heterocycles. The van der Waals surface area contributed by atoms with E-state index in [1.807, 2.05) is 23.1 Å². The molecule has 0 unspecified atom stereocenters. The molecule has 7 nitrogen and oxygen atoms in total. The van der Waals surface area contributed by atoms with Crippen LogP contribution in [0.1, 0.15) is 21.7 Å². The first-order valence-electron chi connectivity index (χ1n) is 8.71. The zero-order chi connectivity index (χ0) is 17.2. The van der Waals surface area contributed by atoms with Crippen LogP contribution in [0.4, 0.5) is 5.69 Å². The lowest BCUT2D eigenvalue weighted by molar-refractivity contribution is 0.0739. The zero-order valence-corrected chi connectivity index (χ0v) is 15.6. The summed E-state index contributed by atoms with van der Waals surface area (Å²) in [6, 6.07) is 8.05. The van der Waals surface area contributed by atoms with E-state index in [-0.39, 0.29) is 18.3 Å². The van der Waals surface area contributed by atoms with Crippen molar-refractivity contribution >= 4 is 24.0 Å². The van der Waals surface area contributed by atoms with Gasteiger partial charge in [-0.05, 0) is 12.1 Å². The number of amides is 1. The lowest BCUT2D eigenvalue weighted by atomic mass is 10.1. The number of hydrogen-bond donors (Lipinski definition) is 2. The highest BCUT2D eigenvalue weighted by atomic mass is 35.5. The minimum atomic E-state index is 0. The van der Waals surface area contributed by atoms with Crippen LogP contribution in [0.25, 0.3) is 0 Å². The number of carbonyl (C=O) groups excluding carboxylic acids is 1. The van der Waals surface area contributed by atoms with E-state index in [1.165, 1.54) is 0 Å². The monoisotopic (exact) mass is 377 g/mol. The van der Waals surface area contributed by atoms with Crippen molar-refractivity contribution in [3.8, 4) is 5.75 Å². The van der Waals surface area contributed by atoms with E-state index in [0.29, 0.717) is 18.8 Å². The SMILES string of the molecule is COc1cccc(N2CCN(C(=O)c3n[nH]c4c3CNCC4)CC2)c1.Cl. The van der Waals surface area contributed by atoms with Gasteiger partial charge in [0.15, 0.2) is 5.69 Å². The van der Waals surface area contributed by atoms with Crippen LogP contribution in [0, 0.1) is 0 Å². The van der Waals surface area contributed by atoms with Gasteiger partial charge in [-0.3, -0.25) is 9.89 Å². The molecule has 0 radical (unpaired) electrons. The maximum absolute atomic E-state index is 12.9. The molecule has 1 saturated heterocycles. The molecule has 0 spiro atoms. The van der Waals surface area contributed by atoms with Gasteiger partial charge in [-0.15, -0.1) is 12.4 Å². The van der Waals surface area contributed by atoms with Crippen molar-refractivity contribution in [3.63, 3.8) is 0 Å². The number of nitrogens with one attached hydrogen (secondary N) is 2. The third-order valence-electron chi connectivity index (χ3n) is 4.99. The number of aromatic nitrogens is 2. The summed E-state index contributed by atoms with van der Waals surface area (Å²) < 4.78 is 5.30. The fourth-order valence-electron chi connectivity index (χ4n) is 3.53. The van der Waals surface area contributed by atoms with Gasteiger partial charge < -0.3 is 19.9 Å². The molecule has 3 heterocycles. The van der Waals surface area contributed by atoms with Crippen LogP contribution >= 0.6 is 12.4 Å². The minimum Gasteiger partial charge on any atom is -0.497 e. The number of methoxy groups -OCH3 is 1.